The molecule has 6 nitrogen and oxygen atoms in total. The molecule has 1 aromatic heterocycles. The third-order valence-corrected chi connectivity index (χ3v) is 6.93. The number of carbonyl (C=O) groups is 1. The molecule has 1 atom stereocenters. The second-order valence-electron chi connectivity index (χ2n) is 5.93. The molecule has 0 spiro atoms. The minimum atomic E-state index is -3.85. The van der Waals surface area contributed by atoms with Gasteiger partial charge in [0.2, 0.25) is 5.91 Å². The van der Waals surface area contributed by atoms with Gasteiger partial charge in [-0.15, -0.1) is 11.3 Å². The van der Waals surface area contributed by atoms with Crippen molar-refractivity contribution in [2.75, 3.05) is 23.1 Å². The number of hydrogen-bond donors (Lipinski definition) is 3. The first-order valence-corrected chi connectivity index (χ1v) is 10.1. The Morgan fingerprint density at radius 1 is 1.36 bits per heavy atom. The predicted molar refractivity (Wildman–Crippen MR) is 95.7 cm³/mol. The molecule has 0 radical (unpaired) electrons. The molecular weight excluding hydrogens is 365 g/mol. The Balaban J connectivity index is 1.75. The molecule has 1 aliphatic heterocycles. The van der Waals surface area contributed by atoms with Crippen LogP contribution in [-0.4, -0.2) is 27.4 Å². The monoisotopic (exact) mass is 383 g/mol. The van der Waals surface area contributed by atoms with E-state index >= 15 is 0 Å². The second kappa shape index (κ2) is 7.11. The van der Waals surface area contributed by atoms with Gasteiger partial charge in [-0.1, -0.05) is 13.0 Å². The SMILES string of the molecule is CC(C(=O)Nc1ccc(F)c(NS(=O)(=O)c2cccs2)c1)C1CNC1. The lowest BCUT2D eigenvalue weighted by atomic mass is 9.88. The number of benzene rings is 1. The summed E-state index contributed by atoms with van der Waals surface area (Å²) >= 11 is 1.04. The van der Waals surface area contributed by atoms with Gasteiger partial charge in [-0.2, -0.15) is 0 Å². The fraction of sp³-hybridized carbons (Fsp3) is 0.312. The average Bonchev–Trinajstić information content (AvgIpc) is 3.03. The Labute approximate surface area is 149 Å². The van der Waals surface area contributed by atoms with Crippen LogP contribution in [0, 0.1) is 17.7 Å². The van der Waals surface area contributed by atoms with Crippen LogP contribution in [-0.2, 0) is 14.8 Å². The second-order valence-corrected chi connectivity index (χ2v) is 8.79. The number of thiophene rings is 1. The standard InChI is InChI=1S/C16H18FN3O3S2/c1-10(11-8-18-9-11)16(21)19-12-4-5-13(17)14(7-12)20-25(22,23)15-3-2-6-24-15/h2-7,10-11,18,20H,8-9H2,1H3,(H,19,21). The number of nitrogens with one attached hydrogen (secondary N) is 3. The van der Waals surface area contributed by atoms with E-state index in [-0.39, 0.29) is 27.6 Å². The van der Waals surface area contributed by atoms with Crippen molar-refractivity contribution < 1.29 is 17.6 Å². The molecule has 134 valence electrons. The van der Waals surface area contributed by atoms with Gasteiger partial charge in [-0.25, -0.2) is 12.8 Å². The van der Waals surface area contributed by atoms with Crippen molar-refractivity contribution in [1.82, 2.24) is 5.32 Å². The maximum atomic E-state index is 14.0. The number of halogens is 1. The highest BCUT2D eigenvalue weighted by Gasteiger charge is 2.28. The Kier molecular flexibility index (Phi) is 5.07. The van der Waals surface area contributed by atoms with Crippen molar-refractivity contribution in [3.63, 3.8) is 0 Å². The van der Waals surface area contributed by atoms with Gasteiger partial charge in [0.15, 0.2) is 0 Å². The number of hydrogen-bond acceptors (Lipinski definition) is 5. The maximum absolute atomic E-state index is 14.0. The van der Waals surface area contributed by atoms with E-state index in [0.717, 1.165) is 30.5 Å². The largest absolute Gasteiger partial charge is 0.326 e. The van der Waals surface area contributed by atoms with Crippen molar-refractivity contribution in [3.05, 3.63) is 41.5 Å². The summed E-state index contributed by atoms with van der Waals surface area (Å²) in [6, 6.07) is 6.84. The van der Waals surface area contributed by atoms with Gasteiger partial charge in [0, 0.05) is 11.6 Å². The summed E-state index contributed by atoms with van der Waals surface area (Å²) in [4.78, 5) is 12.2. The first-order valence-electron chi connectivity index (χ1n) is 7.74. The zero-order valence-corrected chi connectivity index (χ0v) is 15.1. The topological polar surface area (TPSA) is 87.3 Å². The van der Waals surface area contributed by atoms with Crippen LogP contribution in [0.5, 0.6) is 0 Å². The summed E-state index contributed by atoms with van der Waals surface area (Å²) in [5.41, 5.74) is 0.138. The van der Waals surface area contributed by atoms with Crippen LogP contribution in [0.4, 0.5) is 15.8 Å². The van der Waals surface area contributed by atoms with E-state index in [9.17, 15) is 17.6 Å². The quantitative estimate of drug-likeness (QED) is 0.715. The lowest BCUT2D eigenvalue weighted by Crippen LogP contribution is -2.48. The summed E-state index contributed by atoms with van der Waals surface area (Å²) in [5, 5.41) is 7.45. The highest BCUT2D eigenvalue weighted by Crippen LogP contribution is 2.26. The van der Waals surface area contributed by atoms with Crippen molar-refractivity contribution in [1.29, 1.82) is 0 Å². The van der Waals surface area contributed by atoms with Crippen LogP contribution in [0.15, 0.2) is 39.9 Å². The molecule has 0 bridgehead atoms. The van der Waals surface area contributed by atoms with Crippen molar-refractivity contribution in [3.8, 4) is 0 Å². The zero-order chi connectivity index (χ0) is 18.0. The van der Waals surface area contributed by atoms with Crippen LogP contribution in [0.25, 0.3) is 0 Å². The molecule has 1 aromatic carbocycles. The molecule has 2 heterocycles. The fourth-order valence-electron chi connectivity index (χ4n) is 2.43. The van der Waals surface area contributed by atoms with Gasteiger partial charge in [0.1, 0.15) is 10.0 Å². The van der Waals surface area contributed by atoms with Crippen LogP contribution in [0.1, 0.15) is 6.92 Å². The fourth-order valence-corrected chi connectivity index (χ4v) is 4.48. The van der Waals surface area contributed by atoms with E-state index in [1.54, 1.807) is 11.4 Å². The number of amides is 1. The van der Waals surface area contributed by atoms with Crippen LogP contribution in [0.3, 0.4) is 0 Å². The Morgan fingerprint density at radius 2 is 2.12 bits per heavy atom. The molecule has 1 aliphatic rings. The Hall–Kier alpha value is -1.97. The van der Waals surface area contributed by atoms with E-state index in [2.05, 4.69) is 15.4 Å². The third-order valence-electron chi connectivity index (χ3n) is 4.17. The average molecular weight is 383 g/mol. The van der Waals surface area contributed by atoms with Gasteiger partial charge in [0.05, 0.1) is 5.69 Å². The minimum Gasteiger partial charge on any atom is -0.326 e. The van der Waals surface area contributed by atoms with E-state index in [1.807, 2.05) is 6.92 Å². The van der Waals surface area contributed by atoms with Crippen LogP contribution < -0.4 is 15.4 Å². The molecule has 9 heteroatoms. The van der Waals surface area contributed by atoms with E-state index in [4.69, 9.17) is 0 Å². The van der Waals surface area contributed by atoms with E-state index in [0.29, 0.717) is 5.69 Å². The van der Waals surface area contributed by atoms with Gasteiger partial charge in [0.25, 0.3) is 10.0 Å². The van der Waals surface area contributed by atoms with Gasteiger partial charge >= 0.3 is 0 Å². The highest BCUT2D eigenvalue weighted by atomic mass is 32.2. The molecule has 0 saturated carbocycles. The van der Waals surface area contributed by atoms with E-state index in [1.165, 1.54) is 18.2 Å². The predicted octanol–water partition coefficient (Wildman–Crippen LogP) is 2.48. The number of sulfonamides is 1. The first kappa shape index (κ1) is 17.8. The molecule has 3 rings (SSSR count). The molecule has 2 aromatic rings. The lowest BCUT2D eigenvalue weighted by Gasteiger charge is -2.31. The van der Waals surface area contributed by atoms with Gasteiger partial charge < -0.3 is 10.6 Å². The molecule has 1 unspecified atom stereocenters. The summed E-state index contributed by atoms with van der Waals surface area (Å²) in [6.07, 6.45) is 0. The van der Waals surface area contributed by atoms with Gasteiger partial charge in [-0.05, 0) is 48.7 Å². The maximum Gasteiger partial charge on any atom is 0.271 e. The highest BCUT2D eigenvalue weighted by molar-refractivity contribution is 7.94. The molecule has 25 heavy (non-hydrogen) atoms. The zero-order valence-electron chi connectivity index (χ0n) is 13.5. The minimum absolute atomic E-state index is 0.0902. The number of carbonyl (C=O) groups excluding carboxylic acids is 1. The van der Waals surface area contributed by atoms with Crippen molar-refractivity contribution in [2.45, 2.75) is 11.1 Å². The third kappa shape index (κ3) is 4.00. The summed E-state index contributed by atoms with van der Waals surface area (Å²) < 4.78 is 40.8. The smallest absolute Gasteiger partial charge is 0.271 e. The Morgan fingerprint density at radius 3 is 2.72 bits per heavy atom. The molecule has 1 fully saturated rings. The molecular formula is C16H18FN3O3S2. The van der Waals surface area contributed by atoms with Crippen molar-refractivity contribution >= 4 is 38.6 Å². The summed E-state index contributed by atoms with van der Waals surface area (Å²) in [6.45, 7) is 3.43. The number of anilines is 2. The lowest BCUT2D eigenvalue weighted by molar-refractivity contribution is -0.121. The molecule has 0 aliphatic carbocycles. The van der Waals surface area contributed by atoms with Crippen molar-refractivity contribution in [2.24, 2.45) is 11.8 Å². The molecule has 1 saturated heterocycles. The number of rotatable bonds is 6. The van der Waals surface area contributed by atoms with Gasteiger partial charge in [-0.3, -0.25) is 9.52 Å². The molecule has 3 N–H and O–H groups in total. The van der Waals surface area contributed by atoms with Crippen LogP contribution >= 0.6 is 11.3 Å². The normalized spacial score (nSPS) is 16.1. The summed E-state index contributed by atoms with van der Waals surface area (Å²) in [7, 11) is -3.85. The first-order chi connectivity index (χ1) is 11.9. The Bertz CT molecular complexity index is 865. The van der Waals surface area contributed by atoms with E-state index < -0.39 is 15.8 Å². The summed E-state index contributed by atoms with van der Waals surface area (Å²) in [5.74, 6) is -0.797. The molecule has 1 amide bonds. The van der Waals surface area contributed by atoms with Crippen LogP contribution in [0.2, 0.25) is 0 Å².